The number of rotatable bonds is 1. The normalized spacial score (nSPS) is 25.1. The van der Waals surface area contributed by atoms with Crippen LogP contribution in [0.15, 0.2) is 0 Å². The Labute approximate surface area is 87.9 Å². The van der Waals surface area contributed by atoms with Gasteiger partial charge in [-0.1, -0.05) is 19.7 Å². The van der Waals surface area contributed by atoms with Crippen LogP contribution in [0, 0.1) is 0 Å². The van der Waals surface area contributed by atoms with Crippen LogP contribution in [0.3, 0.4) is 0 Å². The fraction of sp³-hybridized carbons (Fsp3) is 0.778. The molecule has 1 atom stereocenters. The molecule has 2 rings (SSSR count). The molecule has 1 radical (unpaired) electrons. The lowest BCUT2D eigenvalue weighted by atomic mass is 9.60. The van der Waals surface area contributed by atoms with Crippen molar-refractivity contribution in [2.45, 2.75) is 44.2 Å². The van der Waals surface area contributed by atoms with E-state index in [1.165, 1.54) is 0 Å². The highest BCUT2D eigenvalue weighted by molar-refractivity contribution is 6.36. The monoisotopic (exact) mass is 212 g/mol. The smallest absolute Gasteiger partial charge is 0.200 e. The summed E-state index contributed by atoms with van der Waals surface area (Å²) in [4.78, 5) is 0. The second-order valence-electron chi connectivity index (χ2n) is 3.93. The lowest BCUT2D eigenvalue weighted by Crippen LogP contribution is -2.27. The van der Waals surface area contributed by atoms with Crippen molar-refractivity contribution < 1.29 is 8.78 Å². The number of H-pyrrole nitrogens is 1. The molecule has 1 aromatic heterocycles. The number of aryl methyl sites for hydroxylation is 1. The van der Waals surface area contributed by atoms with Crippen molar-refractivity contribution in [1.29, 1.82) is 0 Å². The molecule has 3 nitrogen and oxygen atoms in total. The van der Waals surface area contributed by atoms with Gasteiger partial charge in [-0.2, -0.15) is 24.2 Å². The van der Waals surface area contributed by atoms with Gasteiger partial charge in [-0.3, -0.25) is 0 Å². The average molecular weight is 212 g/mol. The standard InChI is InChI=1S/C9H13BF2N3/c1-10-7-5-3-2-4-6-8(9(7,11)12)14-15-13-6/h7H,2-5H2,1H3,(H,13,14,15). The van der Waals surface area contributed by atoms with E-state index < -0.39 is 11.7 Å². The number of halogens is 2. The highest BCUT2D eigenvalue weighted by atomic mass is 19.3. The van der Waals surface area contributed by atoms with Crippen molar-refractivity contribution in [2.75, 3.05) is 0 Å². The third-order valence-corrected chi connectivity index (χ3v) is 2.98. The summed E-state index contributed by atoms with van der Waals surface area (Å²) in [5, 5.41) is 9.70. The van der Waals surface area contributed by atoms with E-state index in [4.69, 9.17) is 0 Å². The maximum absolute atomic E-state index is 14.0. The highest BCUT2D eigenvalue weighted by Gasteiger charge is 2.44. The van der Waals surface area contributed by atoms with Gasteiger partial charge in [0, 0.05) is 0 Å². The second kappa shape index (κ2) is 3.91. The van der Waals surface area contributed by atoms with E-state index >= 15 is 0 Å². The number of aromatic amines is 1. The van der Waals surface area contributed by atoms with Crippen LogP contribution in [-0.2, 0) is 12.3 Å². The van der Waals surface area contributed by atoms with Gasteiger partial charge in [0.15, 0.2) is 5.69 Å². The topological polar surface area (TPSA) is 41.6 Å². The Morgan fingerprint density at radius 1 is 1.40 bits per heavy atom. The molecule has 15 heavy (non-hydrogen) atoms. The molecular weight excluding hydrogens is 199 g/mol. The first kappa shape index (κ1) is 10.6. The Hall–Kier alpha value is -0.935. The zero-order chi connectivity index (χ0) is 10.9. The number of hydrogen-bond donors (Lipinski definition) is 1. The van der Waals surface area contributed by atoms with E-state index in [9.17, 15) is 8.78 Å². The van der Waals surface area contributed by atoms with Crippen LogP contribution < -0.4 is 0 Å². The summed E-state index contributed by atoms with van der Waals surface area (Å²) in [6.45, 7) is 1.68. The van der Waals surface area contributed by atoms with E-state index in [-0.39, 0.29) is 5.69 Å². The van der Waals surface area contributed by atoms with Gasteiger partial charge in [0.25, 0.3) is 5.92 Å². The third-order valence-electron chi connectivity index (χ3n) is 2.98. The highest BCUT2D eigenvalue weighted by Crippen LogP contribution is 2.43. The summed E-state index contributed by atoms with van der Waals surface area (Å²) in [7, 11) is 1.57. The van der Waals surface area contributed by atoms with Crippen LogP contribution >= 0.6 is 0 Å². The first-order valence-electron chi connectivity index (χ1n) is 5.23. The fourth-order valence-electron chi connectivity index (χ4n) is 2.08. The number of nitrogens with zero attached hydrogens (tertiary/aromatic N) is 2. The Balaban J connectivity index is 2.39. The van der Waals surface area contributed by atoms with Gasteiger partial charge in [0.1, 0.15) is 7.28 Å². The molecular formula is C9H13BF2N3. The van der Waals surface area contributed by atoms with Gasteiger partial charge in [-0.05, 0) is 18.7 Å². The quantitative estimate of drug-likeness (QED) is 0.724. The molecule has 0 spiro atoms. The van der Waals surface area contributed by atoms with Crippen molar-refractivity contribution in [3.63, 3.8) is 0 Å². The maximum Gasteiger partial charge on any atom is 0.289 e. The number of aromatic nitrogens is 3. The molecule has 0 saturated heterocycles. The van der Waals surface area contributed by atoms with E-state index in [0.717, 1.165) is 12.8 Å². The number of nitrogens with one attached hydrogen (secondary N) is 1. The van der Waals surface area contributed by atoms with Gasteiger partial charge in [0.2, 0.25) is 0 Å². The summed E-state index contributed by atoms with van der Waals surface area (Å²) in [6, 6.07) is 0. The number of fused-ring (bicyclic) bond motifs is 1. The molecule has 0 aliphatic heterocycles. The van der Waals surface area contributed by atoms with Crippen LogP contribution in [0.1, 0.15) is 30.7 Å². The molecule has 1 aliphatic rings. The summed E-state index contributed by atoms with van der Waals surface area (Å²) < 4.78 is 28.0. The molecule has 1 unspecified atom stereocenters. The van der Waals surface area contributed by atoms with Crippen molar-refractivity contribution in [3.8, 4) is 0 Å². The molecule has 81 valence electrons. The predicted molar refractivity (Wildman–Crippen MR) is 53.2 cm³/mol. The van der Waals surface area contributed by atoms with Crippen LogP contribution in [0.4, 0.5) is 8.78 Å². The van der Waals surface area contributed by atoms with Crippen LogP contribution in [0.2, 0.25) is 12.6 Å². The molecule has 0 aromatic carbocycles. The average Bonchev–Trinajstić information content (AvgIpc) is 2.64. The minimum atomic E-state index is -2.88. The number of hydrogen-bond acceptors (Lipinski definition) is 2. The molecule has 1 aliphatic carbocycles. The van der Waals surface area contributed by atoms with Gasteiger partial charge >= 0.3 is 0 Å². The van der Waals surface area contributed by atoms with Gasteiger partial charge < -0.3 is 0 Å². The van der Waals surface area contributed by atoms with Crippen molar-refractivity contribution in [3.05, 3.63) is 11.4 Å². The minimum absolute atomic E-state index is 0.162. The van der Waals surface area contributed by atoms with E-state index in [1.54, 1.807) is 14.1 Å². The van der Waals surface area contributed by atoms with Gasteiger partial charge in [0.05, 0.1) is 5.69 Å². The third kappa shape index (κ3) is 1.77. The van der Waals surface area contributed by atoms with E-state index in [2.05, 4.69) is 15.4 Å². The Kier molecular flexibility index (Phi) is 2.75. The number of alkyl halides is 2. The lowest BCUT2D eigenvalue weighted by molar-refractivity contribution is -0.0221. The summed E-state index contributed by atoms with van der Waals surface area (Å²) in [5.74, 6) is -3.60. The van der Waals surface area contributed by atoms with Gasteiger partial charge in [-0.25, -0.2) is 0 Å². The zero-order valence-corrected chi connectivity index (χ0v) is 8.63. The SMILES string of the molecule is C[B]C1CCCCc2n[nH]nc2C1(F)F. The second-order valence-corrected chi connectivity index (χ2v) is 3.93. The summed E-state index contributed by atoms with van der Waals surface area (Å²) in [6.07, 6.45) is 2.84. The van der Waals surface area contributed by atoms with Crippen molar-refractivity contribution in [2.24, 2.45) is 0 Å². The van der Waals surface area contributed by atoms with Crippen LogP contribution in [0.5, 0.6) is 0 Å². The van der Waals surface area contributed by atoms with Gasteiger partial charge in [-0.15, -0.1) is 0 Å². The lowest BCUT2D eigenvalue weighted by Gasteiger charge is -2.26. The first-order valence-corrected chi connectivity index (χ1v) is 5.23. The molecule has 1 aromatic rings. The van der Waals surface area contributed by atoms with E-state index in [0.29, 0.717) is 18.5 Å². The van der Waals surface area contributed by atoms with Crippen molar-refractivity contribution in [1.82, 2.24) is 15.4 Å². The predicted octanol–water partition coefficient (Wildman–Crippen LogP) is 2.16. The molecule has 0 fully saturated rings. The van der Waals surface area contributed by atoms with E-state index in [1.807, 2.05) is 0 Å². The summed E-state index contributed by atoms with van der Waals surface area (Å²) >= 11 is 0. The molecule has 0 bridgehead atoms. The molecule has 1 heterocycles. The minimum Gasteiger partial charge on any atom is -0.200 e. The molecule has 0 amide bonds. The first-order chi connectivity index (χ1) is 7.16. The molecule has 1 N–H and O–H groups in total. The zero-order valence-electron chi connectivity index (χ0n) is 8.63. The fourth-order valence-corrected chi connectivity index (χ4v) is 2.08. The Morgan fingerprint density at radius 2 is 2.20 bits per heavy atom. The molecule has 0 saturated carbocycles. The Bertz CT molecular complexity index is 340. The van der Waals surface area contributed by atoms with Crippen molar-refractivity contribution >= 4 is 7.28 Å². The van der Waals surface area contributed by atoms with Crippen LogP contribution in [-0.4, -0.2) is 22.7 Å². The Morgan fingerprint density at radius 3 is 2.93 bits per heavy atom. The maximum atomic E-state index is 14.0. The molecule has 6 heteroatoms. The summed E-state index contributed by atoms with van der Waals surface area (Å²) in [5.41, 5.74) is 0.261. The van der Waals surface area contributed by atoms with Crippen LogP contribution in [0.25, 0.3) is 0 Å². The largest absolute Gasteiger partial charge is 0.289 e.